The van der Waals surface area contributed by atoms with Crippen LogP contribution in [0.1, 0.15) is 0 Å². The van der Waals surface area contributed by atoms with Crippen LogP contribution in [0.3, 0.4) is 0 Å². The summed E-state index contributed by atoms with van der Waals surface area (Å²) in [7, 11) is 3.07. The highest BCUT2D eigenvalue weighted by atomic mass is 16.6. The van der Waals surface area contributed by atoms with Gasteiger partial charge in [0.2, 0.25) is 0 Å². The Morgan fingerprint density at radius 3 is 2.47 bits per heavy atom. The lowest BCUT2D eigenvalue weighted by Crippen LogP contribution is -2.25. The molecule has 3 aromatic rings. The van der Waals surface area contributed by atoms with Crippen LogP contribution >= 0.6 is 0 Å². The molecule has 4 heteroatoms. The number of ether oxygens (including phenoxy) is 1. The van der Waals surface area contributed by atoms with E-state index in [0.29, 0.717) is 11.1 Å². The predicted molar refractivity (Wildman–Crippen MR) is 74.8 cm³/mol. The van der Waals surface area contributed by atoms with Gasteiger partial charge in [-0.15, -0.1) is 4.73 Å². The maximum absolute atomic E-state index is 12.4. The Kier molecular flexibility index (Phi) is 2.63. The number of rotatable bonds is 2. The van der Waals surface area contributed by atoms with Crippen LogP contribution in [0, 0.1) is 0 Å². The summed E-state index contributed by atoms with van der Waals surface area (Å²) in [4.78, 5) is 17.6. The molecule has 0 fully saturated rings. The number of methoxy groups -OCH3 is 1. The van der Waals surface area contributed by atoms with Crippen LogP contribution in [0.4, 0.5) is 0 Å². The van der Waals surface area contributed by atoms with E-state index in [4.69, 9.17) is 9.57 Å². The summed E-state index contributed by atoms with van der Waals surface area (Å²) in [5.74, 6) is 0.655. The lowest BCUT2D eigenvalue weighted by Gasteiger charge is -2.11. The summed E-state index contributed by atoms with van der Waals surface area (Å²) < 4.78 is 6.48. The number of aromatic nitrogens is 1. The average Bonchev–Trinajstić information content (AvgIpc) is 2.47. The third kappa shape index (κ3) is 1.64. The summed E-state index contributed by atoms with van der Waals surface area (Å²) in [6, 6.07) is 13.1. The minimum Gasteiger partial charge on any atom is -0.497 e. The highest BCUT2D eigenvalue weighted by molar-refractivity contribution is 6.05. The van der Waals surface area contributed by atoms with E-state index in [0.717, 1.165) is 16.3 Å². The van der Waals surface area contributed by atoms with E-state index in [-0.39, 0.29) is 5.56 Å². The van der Waals surface area contributed by atoms with E-state index < -0.39 is 0 Å². The second-order valence-electron chi connectivity index (χ2n) is 4.21. The van der Waals surface area contributed by atoms with Crippen molar-refractivity contribution in [1.82, 2.24) is 4.73 Å². The van der Waals surface area contributed by atoms with Crippen molar-refractivity contribution in [3.05, 3.63) is 52.8 Å². The SMILES string of the molecule is COc1ccc2c(c1)c(=O)n(OC)c1ccccc21. The molecule has 0 saturated heterocycles. The van der Waals surface area contributed by atoms with Gasteiger partial charge in [0.25, 0.3) is 5.56 Å². The van der Waals surface area contributed by atoms with Gasteiger partial charge in [-0.25, -0.2) is 0 Å². The van der Waals surface area contributed by atoms with Crippen molar-refractivity contribution >= 4 is 21.7 Å². The number of pyridine rings is 1. The molecule has 0 atom stereocenters. The van der Waals surface area contributed by atoms with Crippen LogP contribution in [0.2, 0.25) is 0 Å². The van der Waals surface area contributed by atoms with E-state index >= 15 is 0 Å². The molecule has 19 heavy (non-hydrogen) atoms. The van der Waals surface area contributed by atoms with Crippen molar-refractivity contribution in [3.63, 3.8) is 0 Å². The molecule has 0 aliphatic heterocycles. The zero-order valence-corrected chi connectivity index (χ0v) is 10.7. The van der Waals surface area contributed by atoms with Crippen LogP contribution < -0.4 is 15.1 Å². The first-order chi connectivity index (χ1) is 9.26. The van der Waals surface area contributed by atoms with Gasteiger partial charge in [0, 0.05) is 5.39 Å². The number of benzene rings is 2. The highest BCUT2D eigenvalue weighted by Gasteiger charge is 2.11. The van der Waals surface area contributed by atoms with Gasteiger partial charge in [-0.1, -0.05) is 18.2 Å². The second kappa shape index (κ2) is 4.31. The van der Waals surface area contributed by atoms with Gasteiger partial charge >= 0.3 is 0 Å². The smallest absolute Gasteiger partial charge is 0.291 e. The summed E-state index contributed by atoms with van der Waals surface area (Å²) in [6.07, 6.45) is 0. The fourth-order valence-corrected chi connectivity index (χ4v) is 2.34. The van der Waals surface area contributed by atoms with Gasteiger partial charge in [-0.05, 0) is 29.7 Å². The largest absolute Gasteiger partial charge is 0.497 e. The van der Waals surface area contributed by atoms with Crippen LogP contribution in [0.25, 0.3) is 21.7 Å². The first-order valence-corrected chi connectivity index (χ1v) is 5.92. The van der Waals surface area contributed by atoms with Crippen LogP contribution in [-0.2, 0) is 0 Å². The Bertz CT molecular complexity index is 821. The molecular weight excluding hydrogens is 242 g/mol. The number of hydrogen-bond acceptors (Lipinski definition) is 3. The fraction of sp³-hybridized carbons (Fsp3) is 0.133. The molecule has 0 unspecified atom stereocenters. The number of hydrogen-bond donors (Lipinski definition) is 0. The molecule has 4 nitrogen and oxygen atoms in total. The van der Waals surface area contributed by atoms with Crippen LogP contribution in [-0.4, -0.2) is 19.0 Å². The summed E-state index contributed by atoms with van der Waals surface area (Å²) in [5.41, 5.74) is 0.572. The lowest BCUT2D eigenvalue weighted by atomic mass is 10.1. The summed E-state index contributed by atoms with van der Waals surface area (Å²) in [5, 5.41) is 2.45. The van der Waals surface area contributed by atoms with E-state index in [1.165, 1.54) is 11.8 Å². The van der Waals surface area contributed by atoms with Gasteiger partial charge in [-0.3, -0.25) is 4.79 Å². The Morgan fingerprint density at radius 1 is 0.947 bits per heavy atom. The molecular formula is C15H13NO3. The molecule has 0 aliphatic carbocycles. The number of nitrogens with zero attached hydrogens (tertiary/aromatic N) is 1. The van der Waals surface area contributed by atoms with Crippen LogP contribution in [0.5, 0.6) is 5.75 Å². The van der Waals surface area contributed by atoms with E-state index in [1.54, 1.807) is 13.2 Å². The Morgan fingerprint density at radius 2 is 1.74 bits per heavy atom. The third-order valence-corrected chi connectivity index (χ3v) is 3.24. The molecule has 96 valence electrons. The zero-order valence-electron chi connectivity index (χ0n) is 10.7. The minimum atomic E-state index is -0.185. The van der Waals surface area contributed by atoms with Crippen molar-refractivity contribution < 1.29 is 9.57 Å². The Labute approximate surface area is 109 Å². The second-order valence-corrected chi connectivity index (χ2v) is 4.21. The van der Waals surface area contributed by atoms with Crippen molar-refractivity contribution in [3.8, 4) is 5.75 Å². The third-order valence-electron chi connectivity index (χ3n) is 3.24. The van der Waals surface area contributed by atoms with Gasteiger partial charge in [0.15, 0.2) is 0 Å². The Hall–Kier alpha value is -2.49. The maximum atomic E-state index is 12.4. The topological polar surface area (TPSA) is 40.5 Å². The summed E-state index contributed by atoms with van der Waals surface area (Å²) in [6.45, 7) is 0. The van der Waals surface area contributed by atoms with Gasteiger partial charge in [0.05, 0.1) is 18.0 Å². The van der Waals surface area contributed by atoms with Gasteiger partial charge in [0.1, 0.15) is 12.9 Å². The van der Waals surface area contributed by atoms with E-state index in [2.05, 4.69) is 0 Å². The average molecular weight is 255 g/mol. The minimum absolute atomic E-state index is 0.185. The number of para-hydroxylation sites is 1. The molecule has 0 spiro atoms. The standard InChI is InChI=1S/C15H13NO3/c1-18-10-7-8-11-12-5-3-4-6-14(12)16(19-2)15(17)13(11)9-10/h3-9H,1-2H3. The van der Waals surface area contributed by atoms with Crippen molar-refractivity contribution in [2.75, 3.05) is 14.2 Å². The molecule has 0 saturated carbocycles. The molecule has 0 N–H and O–H groups in total. The van der Waals surface area contributed by atoms with Crippen molar-refractivity contribution in [2.24, 2.45) is 0 Å². The van der Waals surface area contributed by atoms with Crippen LogP contribution in [0.15, 0.2) is 47.3 Å². The molecule has 1 heterocycles. The van der Waals surface area contributed by atoms with Gasteiger partial charge < -0.3 is 9.57 Å². The normalized spacial score (nSPS) is 10.8. The fourth-order valence-electron chi connectivity index (χ4n) is 2.34. The Balaban J connectivity index is 2.58. The zero-order chi connectivity index (χ0) is 13.4. The molecule has 0 amide bonds. The van der Waals surface area contributed by atoms with E-state index in [9.17, 15) is 4.79 Å². The van der Waals surface area contributed by atoms with E-state index in [1.807, 2.05) is 36.4 Å². The molecule has 0 bridgehead atoms. The van der Waals surface area contributed by atoms with Crippen molar-refractivity contribution in [1.29, 1.82) is 0 Å². The molecule has 0 radical (unpaired) electrons. The predicted octanol–water partition coefficient (Wildman–Crippen LogP) is 2.22. The first kappa shape index (κ1) is 11.6. The first-order valence-electron chi connectivity index (χ1n) is 5.92. The molecule has 2 aromatic carbocycles. The van der Waals surface area contributed by atoms with Gasteiger partial charge in [-0.2, -0.15) is 0 Å². The van der Waals surface area contributed by atoms with Crippen molar-refractivity contribution in [2.45, 2.75) is 0 Å². The highest BCUT2D eigenvalue weighted by Crippen LogP contribution is 2.25. The monoisotopic (exact) mass is 255 g/mol. The molecule has 1 aromatic heterocycles. The molecule has 0 aliphatic rings. The lowest BCUT2D eigenvalue weighted by molar-refractivity contribution is 0.170. The molecule has 3 rings (SSSR count). The number of fused-ring (bicyclic) bond motifs is 3. The summed E-state index contributed by atoms with van der Waals surface area (Å²) >= 11 is 0. The quantitative estimate of drug-likeness (QED) is 0.659. The maximum Gasteiger partial charge on any atom is 0.291 e.